The molecule has 3 heteroatoms. The number of nitrogens with one attached hydrogen (secondary N) is 1. The number of halogens is 2. The first-order chi connectivity index (χ1) is 9.52. The van der Waals surface area contributed by atoms with Crippen molar-refractivity contribution < 1.29 is 4.39 Å². The number of benzene rings is 2. The molecule has 0 amide bonds. The van der Waals surface area contributed by atoms with E-state index in [0.717, 1.165) is 23.2 Å². The largest absolute Gasteiger partial charge is 0.306 e. The number of hydrogen-bond donors (Lipinski definition) is 1. The standard InChI is InChI=1S/C17H19ClFN/c1-4-20-17(13-7-6-12(3)16(19)10-13)14-8-5-11(2)9-15(14)18/h5-10,17,20H,4H2,1-3H3. The van der Waals surface area contributed by atoms with Gasteiger partial charge in [0.2, 0.25) is 0 Å². The normalized spacial score (nSPS) is 12.4. The fourth-order valence-corrected chi connectivity index (χ4v) is 2.61. The molecule has 0 aromatic heterocycles. The van der Waals surface area contributed by atoms with Gasteiger partial charge in [-0.2, -0.15) is 0 Å². The highest BCUT2D eigenvalue weighted by Gasteiger charge is 2.17. The molecule has 0 aliphatic carbocycles. The van der Waals surface area contributed by atoms with E-state index in [1.807, 2.05) is 38.1 Å². The molecule has 0 radical (unpaired) electrons. The van der Waals surface area contributed by atoms with Gasteiger partial charge in [0.25, 0.3) is 0 Å². The zero-order chi connectivity index (χ0) is 14.7. The second kappa shape index (κ2) is 6.38. The number of rotatable bonds is 4. The minimum absolute atomic E-state index is 0.0943. The second-order valence-electron chi connectivity index (χ2n) is 5.02. The Labute approximate surface area is 124 Å². The van der Waals surface area contributed by atoms with Crippen LogP contribution in [0.15, 0.2) is 36.4 Å². The Hall–Kier alpha value is -1.38. The third-order valence-corrected chi connectivity index (χ3v) is 3.73. The van der Waals surface area contributed by atoms with E-state index in [0.29, 0.717) is 10.6 Å². The van der Waals surface area contributed by atoms with E-state index in [4.69, 9.17) is 11.6 Å². The third-order valence-electron chi connectivity index (χ3n) is 3.40. The van der Waals surface area contributed by atoms with Crippen LogP contribution in [0.25, 0.3) is 0 Å². The van der Waals surface area contributed by atoms with Crippen molar-refractivity contribution in [2.45, 2.75) is 26.8 Å². The van der Waals surface area contributed by atoms with Crippen LogP contribution < -0.4 is 5.32 Å². The summed E-state index contributed by atoms with van der Waals surface area (Å²) in [6, 6.07) is 11.2. The van der Waals surface area contributed by atoms with Crippen molar-refractivity contribution in [2.24, 2.45) is 0 Å². The lowest BCUT2D eigenvalue weighted by Gasteiger charge is -2.21. The molecule has 0 saturated carbocycles. The zero-order valence-corrected chi connectivity index (χ0v) is 12.8. The zero-order valence-electron chi connectivity index (χ0n) is 12.0. The van der Waals surface area contributed by atoms with Crippen molar-refractivity contribution in [2.75, 3.05) is 6.54 Å². The van der Waals surface area contributed by atoms with Crippen molar-refractivity contribution in [1.82, 2.24) is 5.32 Å². The van der Waals surface area contributed by atoms with Gasteiger partial charge in [-0.15, -0.1) is 0 Å². The molecular weight excluding hydrogens is 273 g/mol. The first-order valence-corrected chi connectivity index (χ1v) is 7.16. The van der Waals surface area contributed by atoms with E-state index in [1.54, 1.807) is 19.1 Å². The van der Waals surface area contributed by atoms with E-state index in [9.17, 15) is 4.39 Å². The highest BCUT2D eigenvalue weighted by molar-refractivity contribution is 6.31. The molecule has 1 unspecified atom stereocenters. The maximum Gasteiger partial charge on any atom is 0.126 e. The smallest absolute Gasteiger partial charge is 0.126 e. The Kier molecular flexibility index (Phi) is 4.79. The average Bonchev–Trinajstić information content (AvgIpc) is 2.40. The van der Waals surface area contributed by atoms with Gasteiger partial charge in [0.05, 0.1) is 6.04 Å². The number of hydrogen-bond acceptors (Lipinski definition) is 1. The first kappa shape index (κ1) is 15.0. The van der Waals surface area contributed by atoms with Crippen molar-refractivity contribution in [3.63, 3.8) is 0 Å². The Bertz CT molecular complexity index is 610. The molecule has 2 rings (SSSR count). The van der Waals surface area contributed by atoms with Crippen molar-refractivity contribution in [3.8, 4) is 0 Å². The molecule has 1 N–H and O–H groups in total. The molecule has 0 bridgehead atoms. The van der Waals surface area contributed by atoms with E-state index >= 15 is 0 Å². The lowest BCUT2D eigenvalue weighted by Crippen LogP contribution is -2.22. The van der Waals surface area contributed by atoms with Crippen LogP contribution in [0.4, 0.5) is 4.39 Å². The van der Waals surface area contributed by atoms with Crippen LogP contribution in [0.1, 0.15) is 35.2 Å². The van der Waals surface area contributed by atoms with Crippen molar-refractivity contribution >= 4 is 11.6 Å². The molecule has 1 nitrogen and oxygen atoms in total. The Morgan fingerprint density at radius 1 is 1.15 bits per heavy atom. The van der Waals surface area contributed by atoms with E-state index in [-0.39, 0.29) is 11.9 Å². The quantitative estimate of drug-likeness (QED) is 0.853. The summed E-state index contributed by atoms with van der Waals surface area (Å²) in [5.41, 5.74) is 3.63. The van der Waals surface area contributed by atoms with Crippen LogP contribution in [-0.2, 0) is 0 Å². The van der Waals surface area contributed by atoms with Crippen LogP contribution in [0.3, 0.4) is 0 Å². The van der Waals surface area contributed by atoms with Crippen LogP contribution in [0.2, 0.25) is 5.02 Å². The predicted molar refractivity (Wildman–Crippen MR) is 82.8 cm³/mol. The molecule has 106 valence electrons. The SMILES string of the molecule is CCNC(c1ccc(C)c(F)c1)c1ccc(C)cc1Cl. The fraction of sp³-hybridized carbons (Fsp3) is 0.294. The summed E-state index contributed by atoms with van der Waals surface area (Å²) in [6.45, 7) is 6.58. The third kappa shape index (κ3) is 3.20. The summed E-state index contributed by atoms with van der Waals surface area (Å²) >= 11 is 6.35. The monoisotopic (exact) mass is 291 g/mol. The highest BCUT2D eigenvalue weighted by Crippen LogP contribution is 2.29. The maximum atomic E-state index is 13.8. The van der Waals surface area contributed by atoms with E-state index < -0.39 is 0 Å². The van der Waals surface area contributed by atoms with Gasteiger partial charge in [-0.3, -0.25) is 0 Å². The summed E-state index contributed by atoms with van der Waals surface area (Å²) in [6.07, 6.45) is 0. The summed E-state index contributed by atoms with van der Waals surface area (Å²) in [7, 11) is 0. The Morgan fingerprint density at radius 2 is 1.90 bits per heavy atom. The van der Waals surface area contributed by atoms with Gasteiger partial charge in [0, 0.05) is 5.02 Å². The molecule has 1 atom stereocenters. The second-order valence-corrected chi connectivity index (χ2v) is 5.43. The lowest BCUT2D eigenvalue weighted by molar-refractivity contribution is 0.597. The fourth-order valence-electron chi connectivity index (χ4n) is 2.27. The van der Waals surface area contributed by atoms with Gasteiger partial charge < -0.3 is 5.32 Å². The molecule has 0 saturated heterocycles. The van der Waals surface area contributed by atoms with Crippen molar-refractivity contribution in [1.29, 1.82) is 0 Å². The van der Waals surface area contributed by atoms with Crippen LogP contribution >= 0.6 is 11.6 Å². The van der Waals surface area contributed by atoms with Crippen LogP contribution in [-0.4, -0.2) is 6.54 Å². The lowest BCUT2D eigenvalue weighted by atomic mass is 9.96. The summed E-state index contributed by atoms with van der Waals surface area (Å²) in [4.78, 5) is 0. The molecule has 0 aliphatic heterocycles. The van der Waals surface area contributed by atoms with Gasteiger partial charge in [-0.1, -0.05) is 42.8 Å². The molecule has 0 aliphatic rings. The minimum atomic E-state index is -0.186. The van der Waals surface area contributed by atoms with Gasteiger partial charge >= 0.3 is 0 Å². The molecular formula is C17H19ClFN. The van der Waals surface area contributed by atoms with Gasteiger partial charge in [-0.05, 0) is 54.8 Å². The molecule has 2 aromatic rings. The van der Waals surface area contributed by atoms with Gasteiger partial charge in [0.1, 0.15) is 5.82 Å². The predicted octanol–water partition coefficient (Wildman–Crippen LogP) is 4.79. The van der Waals surface area contributed by atoms with E-state index in [2.05, 4.69) is 5.32 Å². The summed E-state index contributed by atoms with van der Waals surface area (Å²) in [5.74, 6) is -0.186. The molecule has 20 heavy (non-hydrogen) atoms. The highest BCUT2D eigenvalue weighted by atomic mass is 35.5. The molecule has 2 aromatic carbocycles. The Morgan fingerprint density at radius 3 is 2.50 bits per heavy atom. The molecule has 0 fully saturated rings. The minimum Gasteiger partial charge on any atom is -0.306 e. The molecule has 0 heterocycles. The number of aryl methyl sites for hydroxylation is 2. The van der Waals surface area contributed by atoms with Crippen LogP contribution in [0, 0.1) is 19.7 Å². The Balaban J connectivity index is 2.47. The topological polar surface area (TPSA) is 12.0 Å². The van der Waals surface area contributed by atoms with Crippen molar-refractivity contribution in [3.05, 3.63) is 69.5 Å². The van der Waals surface area contributed by atoms with Crippen LogP contribution in [0.5, 0.6) is 0 Å². The summed E-state index contributed by atoms with van der Waals surface area (Å²) in [5, 5.41) is 4.08. The first-order valence-electron chi connectivity index (χ1n) is 6.78. The van der Waals surface area contributed by atoms with Gasteiger partial charge in [0.15, 0.2) is 0 Å². The van der Waals surface area contributed by atoms with Gasteiger partial charge in [-0.25, -0.2) is 4.39 Å². The van der Waals surface area contributed by atoms with E-state index in [1.165, 1.54) is 0 Å². The summed E-state index contributed by atoms with van der Waals surface area (Å²) < 4.78 is 13.8. The maximum absolute atomic E-state index is 13.8. The average molecular weight is 292 g/mol. The molecule has 0 spiro atoms.